The topological polar surface area (TPSA) is 91.8 Å². The van der Waals surface area contributed by atoms with E-state index >= 15 is 0 Å². The third kappa shape index (κ3) is 4.34. The standard InChI is InChI=1S/C15H21N3O4/c1-15(2,3)22-14(21)17-11-6-7-18(9-11)12-5-4-10(8-16-12)13(19)20/h4-5,8,11H,6-7,9H2,1-3H3,(H,17,21)(H,19,20)/t11-/m0/s1. The Balaban J connectivity index is 1.89. The number of nitrogens with one attached hydrogen (secondary N) is 1. The number of carboxylic acids is 1. The molecule has 2 N–H and O–H groups in total. The molecule has 1 aliphatic rings. The van der Waals surface area contributed by atoms with Gasteiger partial charge in [0.25, 0.3) is 0 Å². The second-order valence-corrected chi connectivity index (χ2v) is 6.29. The highest BCUT2D eigenvalue weighted by Gasteiger charge is 2.26. The third-order valence-corrected chi connectivity index (χ3v) is 3.23. The van der Waals surface area contributed by atoms with Crippen LogP contribution in [-0.2, 0) is 4.74 Å². The van der Waals surface area contributed by atoms with Gasteiger partial charge in [-0.15, -0.1) is 0 Å². The monoisotopic (exact) mass is 307 g/mol. The van der Waals surface area contributed by atoms with Crippen molar-refractivity contribution < 1.29 is 19.4 Å². The molecule has 0 saturated carbocycles. The Bertz CT molecular complexity index is 551. The first-order valence-electron chi connectivity index (χ1n) is 7.18. The molecule has 7 nitrogen and oxygen atoms in total. The lowest BCUT2D eigenvalue weighted by molar-refractivity contribution is 0.0508. The van der Waals surface area contributed by atoms with Crippen LogP contribution in [0.4, 0.5) is 10.6 Å². The van der Waals surface area contributed by atoms with Crippen LogP contribution in [0.3, 0.4) is 0 Å². The fraction of sp³-hybridized carbons (Fsp3) is 0.533. The summed E-state index contributed by atoms with van der Waals surface area (Å²) in [5, 5.41) is 11.7. The average Bonchev–Trinajstić information content (AvgIpc) is 2.85. The number of aromatic carboxylic acids is 1. The highest BCUT2D eigenvalue weighted by molar-refractivity contribution is 5.87. The van der Waals surface area contributed by atoms with Crippen LogP contribution in [0.2, 0.25) is 0 Å². The molecule has 2 heterocycles. The molecule has 1 atom stereocenters. The summed E-state index contributed by atoms with van der Waals surface area (Å²) < 4.78 is 5.23. The maximum Gasteiger partial charge on any atom is 0.407 e. The van der Waals surface area contributed by atoms with Crippen LogP contribution >= 0.6 is 0 Å². The number of pyridine rings is 1. The minimum atomic E-state index is -0.995. The first kappa shape index (κ1) is 16.1. The highest BCUT2D eigenvalue weighted by Crippen LogP contribution is 2.18. The van der Waals surface area contributed by atoms with Crippen molar-refractivity contribution in [3.05, 3.63) is 23.9 Å². The van der Waals surface area contributed by atoms with Crippen LogP contribution in [0.25, 0.3) is 0 Å². The zero-order chi connectivity index (χ0) is 16.3. The minimum Gasteiger partial charge on any atom is -0.478 e. The molecular weight excluding hydrogens is 286 g/mol. The van der Waals surface area contributed by atoms with Gasteiger partial charge in [-0.3, -0.25) is 0 Å². The van der Waals surface area contributed by atoms with E-state index in [9.17, 15) is 9.59 Å². The maximum atomic E-state index is 11.7. The van der Waals surface area contributed by atoms with Crippen molar-refractivity contribution in [2.75, 3.05) is 18.0 Å². The summed E-state index contributed by atoms with van der Waals surface area (Å²) in [6.07, 6.45) is 1.71. The molecule has 0 bridgehead atoms. The van der Waals surface area contributed by atoms with Crippen LogP contribution < -0.4 is 10.2 Å². The second kappa shape index (κ2) is 6.21. The predicted octanol–water partition coefficient (Wildman–Crippen LogP) is 1.88. The van der Waals surface area contributed by atoms with Gasteiger partial charge in [0.2, 0.25) is 0 Å². The van der Waals surface area contributed by atoms with Gasteiger partial charge in [0.1, 0.15) is 11.4 Å². The van der Waals surface area contributed by atoms with Crippen LogP contribution in [0.1, 0.15) is 37.6 Å². The Morgan fingerprint density at radius 1 is 1.41 bits per heavy atom. The number of anilines is 1. The van der Waals surface area contributed by atoms with E-state index in [1.807, 2.05) is 25.7 Å². The van der Waals surface area contributed by atoms with E-state index in [-0.39, 0.29) is 11.6 Å². The number of hydrogen-bond donors (Lipinski definition) is 2. The molecule has 1 saturated heterocycles. The molecule has 22 heavy (non-hydrogen) atoms. The summed E-state index contributed by atoms with van der Waals surface area (Å²) in [4.78, 5) is 28.7. The van der Waals surface area contributed by atoms with E-state index in [2.05, 4.69) is 10.3 Å². The predicted molar refractivity (Wildman–Crippen MR) is 81.2 cm³/mol. The first-order valence-corrected chi connectivity index (χ1v) is 7.18. The summed E-state index contributed by atoms with van der Waals surface area (Å²) >= 11 is 0. The van der Waals surface area contributed by atoms with Crippen molar-refractivity contribution in [1.82, 2.24) is 10.3 Å². The molecule has 0 radical (unpaired) electrons. The molecular formula is C15H21N3O4. The van der Waals surface area contributed by atoms with Crippen molar-refractivity contribution in [2.45, 2.75) is 38.8 Å². The Morgan fingerprint density at radius 2 is 2.14 bits per heavy atom. The molecule has 0 unspecified atom stereocenters. The number of alkyl carbamates (subject to hydrolysis) is 1. The number of aromatic nitrogens is 1. The molecule has 2 rings (SSSR count). The smallest absolute Gasteiger partial charge is 0.407 e. The summed E-state index contributed by atoms with van der Waals surface area (Å²) in [5.41, 5.74) is -0.359. The van der Waals surface area contributed by atoms with Gasteiger partial charge < -0.3 is 20.1 Å². The quantitative estimate of drug-likeness (QED) is 0.886. The Morgan fingerprint density at radius 3 is 2.68 bits per heavy atom. The fourth-order valence-corrected chi connectivity index (χ4v) is 2.26. The van der Waals surface area contributed by atoms with Gasteiger partial charge in [-0.1, -0.05) is 0 Å². The number of carbonyl (C=O) groups is 2. The molecule has 0 aromatic carbocycles. The lowest BCUT2D eigenvalue weighted by atomic mass is 10.2. The SMILES string of the molecule is CC(C)(C)OC(=O)N[C@H]1CCN(c2ccc(C(=O)O)cn2)C1. The maximum absolute atomic E-state index is 11.7. The Kier molecular flexibility index (Phi) is 4.54. The Hall–Kier alpha value is -2.31. The van der Waals surface area contributed by atoms with Gasteiger partial charge in [-0.25, -0.2) is 14.6 Å². The van der Waals surface area contributed by atoms with Gasteiger partial charge in [-0.05, 0) is 39.3 Å². The van der Waals surface area contributed by atoms with Crippen molar-refractivity contribution in [3.8, 4) is 0 Å². The number of amides is 1. The first-order chi connectivity index (χ1) is 10.2. The van der Waals surface area contributed by atoms with Crippen molar-refractivity contribution in [3.63, 3.8) is 0 Å². The molecule has 0 spiro atoms. The zero-order valence-electron chi connectivity index (χ0n) is 13.0. The van der Waals surface area contributed by atoms with E-state index in [0.29, 0.717) is 12.4 Å². The van der Waals surface area contributed by atoms with Crippen molar-refractivity contribution in [1.29, 1.82) is 0 Å². The molecule has 0 aliphatic carbocycles. The van der Waals surface area contributed by atoms with E-state index in [0.717, 1.165) is 13.0 Å². The molecule has 1 aliphatic heterocycles. The number of carbonyl (C=O) groups excluding carboxylic acids is 1. The summed E-state index contributed by atoms with van der Waals surface area (Å²) in [6, 6.07) is 3.20. The van der Waals surface area contributed by atoms with Gasteiger partial charge in [0.05, 0.1) is 11.6 Å². The largest absolute Gasteiger partial charge is 0.478 e. The lowest BCUT2D eigenvalue weighted by Gasteiger charge is -2.22. The highest BCUT2D eigenvalue weighted by atomic mass is 16.6. The molecule has 1 amide bonds. The van der Waals surface area contributed by atoms with Gasteiger partial charge >= 0.3 is 12.1 Å². The van der Waals surface area contributed by atoms with Gasteiger partial charge in [0, 0.05) is 19.3 Å². The molecule has 120 valence electrons. The molecule has 7 heteroatoms. The van der Waals surface area contributed by atoms with E-state index in [1.54, 1.807) is 6.07 Å². The van der Waals surface area contributed by atoms with Crippen molar-refractivity contribution >= 4 is 17.9 Å². The second-order valence-electron chi connectivity index (χ2n) is 6.29. The van der Waals surface area contributed by atoms with Crippen LogP contribution in [0, 0.1) is 0 Å². The number of hydrogen-bond acceptors (Lipinski definition) is 5. The number of nitrogens with zero attached hydrogens (tertiary/aromatic N) is 2. The molecule has 1 aromatic heterocycles. The number of carboxylic acid groups (broad SMARTS) is 1. The van der Waals surface area contributed by atoms with E-state index < -0.39 is 17.7 Å². The van der Waals surface area contributed by atoms with Gasteiger partial charge in [-0.2, -0.15) is 0 Å². The van der Waals surface area contributed by atoms with E-state index in [4.69, 9.17) is 9.84 Å². The van der Waals surface area contributed by atoms with Crippen LogP contribution in [-0.4, -0.2) is 46.9 Å². The van der Waals surface area contributed by atoms with Gasteiger partial charge in [0.15, 0.2) is 0 Å². The van der Waals surface area contributed by atoms with Crippen molar-refractivity contribution in [2.24, 2.45) is 0 Å². The number of ether oxygens (including phenoxy) is 1. The van der Waals surface area contributed by atoms with Crippen LogP contribution in [0.15, 0.2) is 18.3 Å². The molecule has 1 fully saturated rings. The minimum absolute atomic E-state index is 0.00389. The van der Waals surface area contributed by atoms with Crippen LogP contribution in [0.5, 0.6) is 0 Å². The zero-order valence-corrected chi connectivity index (χ0v) is 13.0. The lowest BCUT2D eigenvalue weighted by Crippen LogP contribution is -2.40. The molecule has 1 aromatic rings. The fourth-order valence-electron chi connectivity index (χ4n) is 2.26. The summed E-state index contributed by atoms with van der Waals surface area (Å²) in [5.74, 6) is -0.288. The summed E-state index contributed by atoms with van der Waals surface area (Å²) in [6.45, 7) is 6.84. The van der Waals surface area contributed by atoms with E-state index in [1.165, 1.54) is 12.3 Å². The third-order valence-electron chi connectivity index (χ3n) is 3.23. The Labute approximate surface area is 129 Å². The summed E-state index contributed by atoms with van der Waals surface area (Å²) in [7, 11) is 0. The number of rotatable bonds is 3. The normalized spacial score (nSPS) is 18.1. The average molecular weight is 307 g/mol.